The highest BCUT2D eigenvalue weighted by molar-refractivity contribution is 6.67. The van der Waals surface area contributed by atoms with E-state index in [1.807, 2.05) is 0 Å². The normalized spacial score (nSPS) is 11.3. The Kier molecular flexibility index (Phi) is 14.3. The SMILES string of the molecule is CCCC[Si](CCCCN)(OCC)OCC.N. The Morgan fingerprint density at radius 1 is 0.882 bits per heavy atom. The van der Waals surface area contributed by atoms with Gasteiger partial charge in [0.15, 0.2) is 0 Å². The molecule has 17 heavy (non-hydrogen) atoms. The van der Waals surface area contributed by atoms with Crippen LogP contribution >= 0.6 is 0 Å². The molecule has 0 saturated heterocycles. The molecule has 0 heterocycles. The summed E-state index contributed by atoms with van der Waals surface area (Å²) in [5.41, 5.74) is 5.54. The van der Waals surface area contributed by atoms with Gasteiger partial charge in [-0.25, -0.2) is 0 Å². The summed E-state index contributed by atoms with van der Waals surface area (Å²) in [7, 11) is -1.91. The van der Waals surface area contributed by atoms with Crippen LogP contribution in [0.15, 0.2) is 0 Å². The van der Waals surface area contributed by atoms with Crippen molar-refractivity contribution in [3.63, 3.8) is 0 Å². The van der Waals surface area contributed by atoms with Gasteiger partial charge in [-0.2, -0.15) is 0 Å². The number of hydrogen-bond donors (Lipinski definition) is 2. The highest BCUT2D eigenvalue weighted by Crippen LogP contribution is 2.24. The Bertz CT molecular complexity index is 153. The Labute approximate surface area is 108 Å². The first-order chi connectivity index (χ1) is 7.74. The van der Waals surface area contributed by atoms with Gasteiger partial charge in [0.2, 0.25) is 0 Å². The molecule has 0 aromatic carbocycles. The lowest BCUT2D eigenvalue weighted by atomic mass is 10.3. The number of nitrogens with two attached hydrogens (primary N) is 1. The second kappa shape index (κ2) is 12.5. The molecule has 0 aliphatic rings. The fraction of sp³-hybridized carbons (Fsp3) is 1.00. The van der Waals surface area contributed by atoms with Crippen molar-refractivity contribution < 1.29 is 8.85 Å². The topological polar surface area (TPSA) is 79.5 Å². The van der Waals surface area contributed by atoms with E-state index < -0.39 is 8.56 Å². The van der Waals surface area contributed by atoms with Crippen molar-refractivity contribution in [2.24, 2.45) is 5.73 Å². The molecule has 0 radical (unpaired) electrons. The Hall–Kier alpha value is 0.0569. The van der Waals surface area contributed by atoms with Gasteiger partial charge in [0, 0.05) is 13.2 Å². The second-order valence-electron chi connectivity index (χ2n) is 4.13. The third-order valence-electron chi connectivity index (χ3n) is 2.74. The summed E-state index contributed by atoms with van der Waals surface area (Å²) in [6, 6.07) is 2.24. The first-order valence-electron chi connectivity index (χ1n) is 6.72. The highest BCUT2D eigenvalue weighted by atomic mass is 28.4. The zero-order valence-corrected chi connectivity index (χ0v) is 13.0. The minimum absolute atomic E-state index is 0. The van der Waals surface area contributed by atoms with E-state index in [9.17, 15) is 0 Å². The summed E-state index contributed by atoms with van der Waals surface area (Å²) >= 11 is 0. The summed E-state index contributed by atoms with van der Waals surface area (Å²) in [6.07, 6.45) is 4.66. The third-order valence-corrected chi connectivity index (χ3v) is 6.60. The molecule has 5 N–H and O–H groups in total. The fourth-order valence-corrected chi connectivity index (χ4v) is 5.61. The lowest BCUT2D eigenvalue weighted by Crippen LogP contribution is -2.42. The summed E-state index contributed by atoms with van der Waals surface area (Å²) < 4.78 is 12.0. The first kappa shape index (κ1) is 19.4. The van der Waals surface area contributed by atoms with Gasteiger partial charge >= 0.3 is 8.56 Å². The summed E-state index contributed by atoms with van der Waals surface area (Å²) in [4.78, 5) is 0. The van der Waals surface area contributed by atoms with Crippen molar-refractivity contribution in [1.29, 1.82) is 0 Å². The number of hydrogen-bond acceptors (Lipinski definition) is 4. The molecule has 0 atom stereocenters. The average Bonchev–Trinajstić information content (AvgIpc) is 2.27. The maximum Gasteiger partial charge on any atom is 0.338 e. The highest BCUT2D eigenvalue weighted by Gasteiger charge is 2.35. The first-order valence-corrected chi connectivity index (χ1v) is 8.95. The number of unbranched alkanes of at least 4 members (excludes halogenated alkanes) is 2. The maximum absolute atomic E-state index is 5.99. The van der Waals surface area contributed by atoms with Gasteiger partial charge in [-0.1, -0.05) is 26.2 Å². The van der Waals surface area contributed by atoms with E-state index in [-0.39, 0.29) is 6.15 Å². The van der Waals surface area contributed by atoms with E-state index in [1.165, 1.54) is 12.8 Å². The van der Waals surface area contributed by atoms with E-state index in [0.717, 1.165) is 44.7 Å². The van der Waals surface area contributed by atoms with Crippen LogP contribution in [0.5, 0.6) is 0 Å². The van der Waals surface area contributed by atoms with Gasteiger partial charge < -0.3 is 20.7 Å². The van der Waals surface area contributed by atoms with E-state index in [0.29, 0.717) is 0 Å². The van der Waals surface area contributed by atoms with Gasteiger partial charge in [0.25, 0.3) is 0 Å². The molecule has 0 saturated carbocycles. The monoisotopic (exact) mass is 264 g/mol. The predicted octanol–water partition coefficient (Wildman–Crippen LogP) is 3.20. The standard InChI is InChI=1S/C12H29NO2Si.H3N/c1-4-7-11-16(14-5-2,15-6-3)12-9-8-10-13;/h4-13H2,1-3H3;1H3. The average molecular weight is 264 g/mol. The quantitative estimate of drug-likeness (QED) is 0.443. The molecule has 0 amide bonds. The van der Waals surface area contributed by atoms with Crippen LogP contribution in [0.2, 0.25) is 12.1 Å². The van der Waals surface area contributed by atoms with E-state index in [2.05, 4.69) is 20.8 Å². The third kappa shape index (κ3) is 8.74. The van der Waals surface area contributed by atoms with Gasteiger partial charge in [-0.15, -0.1) is 0 Å². The molecule has 106 valence electrons. The van der Waals surface area contributed by atoms with Gasteiger partial charge in [-0.05, 0) is 38.9 Å². The van der Waals surface area contributed by atoms with Gasteiger partial charge in [-0.3, -0.25) is 0 Å². The molecule has 5 heteroatoms. The van der Waals surface area contributed by atoms with Crippen molar-refractivity contribution in [3.8, 4) is 0 Å². The fourth-order valence-electron chi connectivity index (χ4n) is 1.97. The minimum atomic E-state index is -1.91. The predicted molar refractivity (Wildman–Crippen MR) is 76.8 cm³/mol. The van der Waals surface area contributed by atoms with Crippen LogP contribution in [0.4, 0.5) is 0 Å². The molecule has 0 aliphatic heterocycles. The van der Waals surface area contributed by atoms with Crippen LogP contribution in [0.1, 0.15) is 46.5 Å². The summed E-state index contributed by atoms with van der Waals surface area (Å²) in [5.74, 6) is 0. The van der Waals surface area contributed by atoms with Crippen molar-refractivity contribution in [2.45, 2.75) is 58.5 Å². The smallest absolute Gasteiger partial charge is 0.338 e. The lowest BCUT2D eigenvalue weighted by molar-refractivity contribution is 0.180. The van der Waals surface area contributed by atoms with Crippen LogP contribution in [-0.4, -0.2) is 28.3 Å². The number of rotatable bonds is 11. The van der Waals surface area contributed by atoms with Gasteiger partial charge in [0.1, 0.15) is 0 Å². The van der Waals surface area contributed by atoms with E-state index in [1.54, 1.807) is 0 Å². The van der Waals surface area contributed by atoms with Crippen molar-refractivity contribution in [1.82, 2.24) is 6.15 Å². The molecule has 4 nitrogen and oxygen atoms in total. The maximum atomic E-state index is 5.99. The van der Waals surface area contributed by atoms with E-state index in [4.69, 9.17) is 14.6 Å². The molecule has 0 bridgehead atoms. The zero-order valence-electron chi connectivity index (χ0n) is 12.0. The molecule has 0 aromatic rings. The van der Waals surface area contributed by atoms with Crippen LogP contribution in [-0.2, 0) is 8.85 Å². The van der Waals surface area contributed by atoms with Crippen molar-refractivity contribution >= 4 is 8.56 Å². The molecule has 0 aromatic heterocycles. The van der Waals surface area contributed by atoms with Crippen molar-refractivity contribution in [2.75, 3.05) is 19.8 Å². The van der Waals surface area contributed by atoms with Crippen LogP contribution < -0.4 is 11.9 Å². The largest absolute Gasteiger partial charge is 0.394 e. The molecule has 0 spiro atoms. The van der Waals surface area contributed by atoms with Crippen molar-refractivity contribution in [3.05, 3.63) is 0 Å². The molecular weight excluding hydrogens is 232 g/mol. The lowest BCUT2D eigenvalue weighted by Gasteiger charge is -2.30. The molecular formula is C12H32N2O2Si. The Morgan fingerprint density at radius 2 is 1.41 bits per heavy atom. The van der Waals surface area contributed by atoms with Gasteiger partial charge in [0.05, 0.1) is 0 Å². The van der Waals surface area contributed by atoms with Crippen LogP contribution in [0.25, 0.3) is 0 Å². The van der Waals surface area contributed by atoms with Crippen LogP contribution in [0.3, 0.4) is 0 Å². The summed E-state index contributed by atoms with van der Waals surface area (Å²) in [6.45, 7) is 8.68. The van der Waals surface area contributed by atoms with Crippen LogP contribution in [0, 0.1) is 0 Å². The minimum Gasteiger partial charge on any atom is -0.394 e. The van der Waals surface area contributed by atoms with E-state index >= 15 is 0 Å². The molecule has 0 aliphatic carbocycles. The molecule has 0 rings (SSSR count). The zero-order chi connectivity index (χ0) is 12.3. The molecule has 0 fully saturated rings. The Morgan fingerprint density at radius 3 is 1.82 bits per heavy atom. The Balaban J connectivity index is 0. The molecule has 0 unspecified atom stereocenters. The second-order valence-corrected chi connectivity index (χ2v) is 7.52. The summed E-state index contributed by atoms with van der Waals surface area (Å²) in [5, 5.41) is 0.